The SMILES string of the molecule is NCCCC(Cc1ccc(Cl)c(Cl)c1)Nc1ccc(Br)cn1. The maximum absolute atomic E-state index is 6.09. The summed E-state index contributed by atoms with van der Waals surface area (Å²) in [5, 5.41) is 4.62. The smallest absolute Gasteiger partial charge is 0.126 e. The lowest BCUT2D eigenvalue weighted by Crippen LogP contribution is -2.24. The first-order valence-corrected chi connectivity index (χ1v) is 8.65. The number of anilines is 1. The van der Waals surface area contributed by atoms with Gasteiger partial charge in [-0.2, -0.15) is 0 Å². The van der Waals surface area contributed by atoms with E-state index in [9.17, 15) is 0 Å². The number of rotatable bonds is 7. The van der Waals surface area contributed by atoms with E-state index in [1.807, 2.05) is 30.3 Å². The molecule has 0 aliphatic carbocycles. The Bertz CT molecular complexity index is 605. The van der Waals surface area contributed by atoms with Gasteiger partial charge >= 0.3 is 0 Å². The summed E-state index contributed by atoms with van der Waals surface area (Å²) in [7, 11) is 0. The van der Waals surface area contributed by atoms with Crippen molar-refractivity contribution in [2.45, 2.75) is 25.3 Å². The lowest BCUT2D eigenvalue weighted by molar-refractivity contribution is 0.616. The van der Waals surface area contributed by atoms with Gasteiger partial charge in [0.25, 0.3) is 0 Å². The molecule has 3 nitrogen and oxygen atoms in total. The van der Waals surface area contributed by atoms with E-state index in [4.69, 9.17) is 28.9 Å². The van der Waals surface area contributed by atoms with Crippen molar-refractivity contribution in [2.75, 3.05) is 11.9 Å². The maximum atomic E-state index is 6.09. The monoisotopic (exact) mass is 401 g/mol. The van der Waals surface area contributed by atoms with Crippen LogP contribution in [0.2, 0.25) is 10.0 Å². The molecule has 0 bridgehead atoms. The molecule has 22 heavy (non-hydrogen) atoms. The largest absolute Gasteiger partial charge is 0.367 e. The highest BCUT2D eigenvalue weighted by Gasteiger charge is 2.11. The molecule has 2 rings (SSSR count). The Morgan fingerprint density at radius 2 is 2.00 bits per heavy atom. The van der Waals surface area contributed by atoms with Gasteiger partial charge in [0.2, 0.25) is 0 Å². The number of nitrogens with zero attached hydrogens (tertiary/aromatic N) is 1. The zero-order valence-electron chi connectivity index (χ0n) is 12.0. The van der Waals surface area contributed by atoms with Gasteiger partial charge in [-0.25, -0.2) is 4.98 Å². The van der Waals surface area contributed by atoms with Crippen LogP contribution < -0.4 is 11.1 Å². The van der Waals surface area contributed by atoms with Crippen LogP contribution in [-0.4, -0.2) is 17.6 Å². The van der Waals surface area contributed by atoms with Gasteiger partial charge in [-0.15, -0.1) is 0 Å². The van der Waals surface area contributed by atoms with Crippen molar-refractivity contribution < 1.29 is 0 Å². The van der Waals surface area contributed by atoms with Gasteiger partial charge in [0.15, 0.2) is 0 Å². The van der Waals surface area contributed by atoms with Crippen molar-refractivity contribution in [2.24, 2.45) is 5.73 Å². The fourth-order valence-corrected chi connectivity index (χ4v) is 2.77. The van der Waals surface area contributed by atoms with E-state index >= 15 is 0 Å². The summed E-state index contributed by atoms with van der Waals surface area (Å²) < 4.78 is 0.959. The minimum Gasteiger partial charge on any atom is -0.367 e. The second kappa shape index (κ2) is 8.73. The van der Waals surface area contributed by atoms with Crippen LogP contribution in [0.1, 0.15) is 18.4 Å². The number of pyridine rings is 1. The molecule has 0 amide bonds. The molecular formula is C16H18BrCl2N3. The Morgan fingerprint density at radius 3 is 2.64 bits per heavy atom. The third-order valence-corrected chi connectivity index (χ3v) is 4.51. The molecular weight excluding hydrogens is 385 g/mol. The Morgan fingerprint density at radius 1 is 1.18 bits per heavy atom. The average Bonchev–Trinajstić information content (AvgIpc) is 2.51. The number of nitrogens with two attached hydrogens (primary N) is 1. The fraction of sp³-hybridized carbons (Fsp3) is 0.312. The fourth-order valence-electron chi connectivity index (χ4n) is 2.21. The topological polar surface area (TPSA) is 50.9 Å². The van der Waals surface area contributed by atoms with Gasteiger partial charge in [0, 0.05) is 16.7 Å². The molecule has 0 aliphatic rings. The first kappa shape index (κ1) is 17.5. The molecule has 0 saturated carbocycles. The third kappa shape index (κ3) is 5.43. The van der Waals surface area contributed by atoms with E-state index < -0.39 is 0 Å². The first-order chi connectivity index (χ1) is 10.6. The van der Waals surface area contributed by atoms with Crippen LogP contribution in [0.4, 0.5) is 5.82 Å². The van der Waals surface area contributed by atoms with Crippen molar-refractivity contribution in [3.63, 3.8) is 0 Å². The molecule has 0 radical (unpaired) electrons. The van der Waals surface area contributed by atoms with Crippen molar-refractivity contribution >= 4 is 44.9 Å². The minimum absolute atomic E-state index is 0.245. The number of hydrogen-bond acceptors (Lipinski definition) is 3. The average molecular weight is 403 g/mol. The molecule has 1 atom stereocenters. The first-order valence-electron chi connectivity index (χ1n) is 7.10. The van der Waals surface area contributed by atoms with E-state index in [0.29, 0.717) is 16.6 Å². The molecule has 0 saturated heterocycles. The van der Waals surface area contributed by atoms with Crippen LogP contribution >= 0.6 is 39.1 Å². The Kier molecular flexibility index (Phi) is 6.96. The molecule has 1 aromatic heterocycles. The number of nitrogens with one attached hydrogen (secondary N) is 1. The van der Waals surface area contributed by atoms with Crippen LogP contribution in [0, 0.1) is 0 Å². The van der Waals surface area contributed by atoms with Crippen LogP contribution in [0.15, 0.2) is 41.0 Å². The molecule has 0 spiro atoms. The summed E-state index contributed by atoms with van der Waals surface area (Å²) in [6.45, 7) is 0.674. The zero-order valence-corrected chi connectivity index (χ0v) is 15.1. The second-order valence-corrected chi connectivity index (χ2v) is 6.82. The highest BCUT2D eigenvalue weighted by molar-refractivity contribution is 9.10. The highest BCUT2D eigenvalue weighted by Crippen LogP contribution is 2.24. The van der Waals surface area contributed by atoms with Gasteiger partial charge in [0.05, 0.1) is 10.0 Å². The minimum atomic E-state index is 0.245. The molecule has 1 unspecified atom stereocenters. The van der Waals surface area contributed by atoms with Crippen molar-refractivity contribution in [3.05, 3.63) is 56.6 Å². The Labute approximate surface area is 149 Å². The molecule has 1 aromatic carbocycles. The predicted octanol–water partition coefficient (Wildman–Crippen LogP) is 4.91. The van der Waals surface area contributed by atoms with Gasteiger partial charge < -0.3 is 11.1 Å². The molecule has 2 aromatic rings. The lowest BCUT2D eigenvalue weighted by Gasteiger charge is -2.19. The summed E-state index contributed by atoms with van der Waals surface area (Å²) in [6, 6.07) is 9.91. The summed E-state index contributed by atoms with van der Waals surface area (Å²) in [5.74, 6) is 0.852. The van der Waals surface area contributed by atoms with Crippen LogP contribution in [0.3, 0.4) is 0 Å². The molecule has 3 N–H and O–H groups in total. The number of halogens is 3. The van der Waals surface area contributed by atoms with Crippen LogP contribution in [0.25, 0.3) is 0 Å². The van der Waals surface area contributed by atoms with E-state index in [-0.39, 0.29) is 6.04 Å². The molecule has 0 fully saturated rings. The maximum Gasteiger partial charge on any atom is 0.126 e. The van der Waals surface area contributed by atoms with Crippen LogP contribution in [-0.2, 0) is 6.42 Å². The van der Waals surface area contributed by atoms with Gasteiger partial charge in [-0.05, 0) is 71.6 Å². The van der Waals surface area contributed by atoms with E-state index in [0.717, 1.165) is 35.1 Å². The van der Waals surface area contributed by atoms with E-state index in [1.54, 1.807) is 6.20 Å². The summed E-state index contributed by atoms with van der Waals surface area (Å²) in [6.07, 6.45) is 4.54. The van der Waals surface area contributed by atoms with Crippen molar-refractivity contribution in [1.29, 1.82) is 0 Å². The van der Waals surface area contributed by atoms with Gasteiger partial charge in [-0.1, -0.05) is 29.3 Å². The molecule has 6 heteroatoms. The van der Waals surface area contributed by atoms with Crippen molar-refractivity contribution in [1.82, 2.24) is 4.98 Å². The molecule has 1 heterocycles. The quantitative estimate of drug-likeness (QED) is 0.691. The zero-order chi connectivity index (χ0) is 15.9. The standard InChI is InChI=1S/C16H18BrCl2N3/c17-12-4-6-16(21-10-12)22-13(2-1-7-20)8-11-3-5-14(18)15(19)9-11/h3-6,9-10,13H,1-2,7-8,20H2,(H,21,22). The third-order valence-electron chi connectivity index (χ3n) is 3.30. The second-order valence-electron chi connectivity index (χ2n) is 5.09. The Hall–Kier alpha value is -0.810. The summed E-state index contributed by atoms with van der Waals surface area (Å²) >= 11 is 15.4. The van der Waals surface area contributed by atoms with Crippen molar-refractivity contribution in [3.8, 4) is 0 Å². The number of benzene rings is 1. The van der Waals surface area contributed by atoms with Crippen LogP contribution in [0.5, 0.6) is 0 Å². The number of aromatic nitrogens is 1. The summed E-state index contributed by atoms with van der Waals surface area (Å²) in [5.41, 5.74) is 6.78. The van der Waals surface area contributed by atoms with E-state index in [1.165, 1.54) is 0 Å². The predicted molar refractivity (Wildman–Crippen MR) is 97.8 cm³/mol. The lowest BCUT2D eigenvalue weighted by atomic mass is 10.0. The van der Waals surface area contributed by atoms with E-state index in [2.05, 4.69) is 26.2 Å². The Balaban J connectivity index is 2.07. The van der Waals surface area contributed by atoms with Gasteiger partial charge in [-0.3, -0.25) is 0 Å². The molecule has 0 aliphatic heterocycles. The van der Waals surface area contributed by atoms with Gasteiger partial charge in [0.1, 0.15) is 5.82 Å². The normalized spacial score (nSPS) is 12.2. The summed E-state index contributed by atoms with van der Waals surface area (Å²) in [4.78, 5) is 4.36. The molecule has 118 valence electrons. The highest BCUT2D eigenvalue weighted by atomic mass is 79.9. The number of hydrogen-bond donors (Lipinski definition) is 2.